The Kier molecular flexibility index (Phi) is 2.22. The van der Waals surface area contributed by atoms with Crippen LogP contribution in [0.4, 0.5) is 0 Å². The second-order valence-corrected chi connectivity index (χ2v) is 5.86. The summed E-state index contributed by atoms with van der Waals surface area (Å²) in [5, 5.41) is 4.16. The Balaban J connectivity index is 1.51. The van der Waals surface area contributed by atoms with Crippen molar-refractivity contribution in [1.82, 2.24) is 19.7 Å². The summed E-state index contributed by atoms with van der Waals surface area (Å²) < 4.78 is 1.91. The summed E-state index contributed by atoms with van der Waals surface area (Å²) in [6, 6.07) is 0. The zero-order valence-corrected chi connectivity index (χ0v) is 10.5. The molecule has 2 heterocycles. The first-order valence-corrected chi connectivity index (χ1v) is 6.98. The normalized spacial score (nSPS) is 23.3. The van der Waals surface area contributed by atoms with Crippen molar-refractivity contribution in [2.24, 2.45) is 17.8 Å². The molecule has 2 aliphatic carbocycles. The Morgan fingerprint density at radius 2 is 1.94 bits per heavy atom. The molecule has 0 spiro atoms. The second kappa shape index (κ2) is 3.80. The summed E-state index contributed by atoms with van der Waals surface area (Å²) in [5.41, 5.74) is 0. The van der Waals surface area contributed by atoms with Gasteiger partial charge in [-0.15, -0.1) is 0 Å². The lowest BCUT2D eigenvalue weighted by molar-refractivity contribution is -0.138. The minimum absolute atomic E-state index is 0.319. The number of carbonyl (C=O) groups excluding carboxylic acids is 1. The Morgan fingerprint density at radius 1 is 1.22 bits per heavy atom. The number of amides is 1. The van der Waals surface area contributed by atoms with Crippen molar-refractivity contribution < 1.29 is 4.79 Å². The van der Waals surface area contributed by atoms with Crippen molar-refractivity contribution >= 4 is 5.91 Å². The molecule has 1 aromatic heterocycles. The fourth-order valence-corrected chi connectivity index (χ4v) is 3.16. The van der Waals surface area contributed by atoms with Crippen LogP contribution in [0.25, 0.3) is 0 Å². The monoisotopic (exact) mass is 246 g/mol. The number of nitrogens with zero attached hydrogens (tertiary/aromatic N) is 4. The average molecular weight is 246 g/mol. The van der Waals surface area contributed by atoms with Crippen molar-refractivity contribution in [1.29, 1.82) is 0 Å². The molecule has 18 heavy (non-hydrogen) atoms. The molecule has 0 saturated heterocycles. The van der Waals surface area contributed by atoms with Crippen LogP contribution >= 0.6 is 0 Å². The first-order valence-electron chi connectivity index (χ1n) is 6.98. The summed E-state index contributed by atoms with van der Waals surface area (Å²) in [6.07, 6.45) is 6.63. The summed E-state index contributed by atoms with van der Waals surface area (Å²) in [4.78, 5) is 18.9. The summed E-state index contributed by atoms with van der Waals surface area (Å²) in [7, 11) is 0. The molecular weight excluding hydrogens is 228 g/mol. The van der Waals surface area contributed by atoms with Gasteiger partial charge in [0.1, 0.15) is 12.2 Å². The number of carbonyl (C=O) groups is 1. The van der Waals surface area contributed by atoms with E-state index in [1.807, 2.05) is 9.58 Å². The summed E-state index contributed by atoms with van der Waals surface area (Å²) in [5.74, 6) is 3.00. The van der Waals surface area contributed by atoms with Crippen LogP contribution in [-0.2, 0) is 17.9 Å². The van der Waals surface area contributed by atoms with Gasteiger partial charge in [0.2, 0.25) is 5.91 Å². The minimum atomic E-state index is 0.319. The fourth-order valence-electron chi connectivity index (χ4n) is 3.16. The van der Waals surface area contributed by atoms with Crippen molar-refractivity contribution in [3.05, 3.63) is 12.2 Å². The SMILES string of the molecule is O=C(C(C1CC1)C1CC1)N1CCn2ncnc2C1. The van der Waals surface area contributed by atoms with Gasteiger partial charge in [-0.1, -0.05) is 0 Å². The van der Waals surface area contributed by atoms with Crippen LogP contribution in [0, 0.1) is 17.8 Å². The highest BCUT2D eigenvalue weighted by Gasteiger charge is 2.47. The van der Waals surface area contributed by atoms with E-state index in [0.29, 0.717) is 30.2 Å². The van der Waals surface area contributed by atoms with Gasteiger partial charge in [-0.25, -0.2) is 9.67 Å². The number of rotatable bonds is 3. The maximum Gasteiger partial charge on any atom is 0.226 e. The van der Waals surface area contributed by atoms with Crippen LogP contribution in [0.3, 0.4) is 0 Å². The maximum atomic E-state index is 12.7. The molecule has 0 aromatic carbocycles. The van der Waals surface area contributed by atoms with Crippen LogP contribution in [0.5, 0.6) is 0 Å². The van der Waals surface area contributed by atoms with Gasteiger partial charge in [0.05, 0.1) is 13.1 Å². The highest BCUT2D eigenvalue weighted by atomic mass is 16.2. The van der Waals surface area contributed by atoms with Gasteiger partial charge in [0.25, 0.3) is 0 Å². The predicted octanol–water partition coefficient (Wildman–Crippen LogP) is 1.06. The average Bonchev–Trinajstić information content (AvgIpc) is 3.30. The molecule has 4 rings (SSSR count). The lowest BCUT2D eigenvalue weighted by Crippen LogP contribution is -2.43. The Bertz CT molecular complexity index is 463. The minimum Gasteiger partial charge on any atom is -0.333 e. The van der Waals surface area contributed by atoms with Gasteiger partial charge in [0.15, 0.2) is 0 Å². The van der Waals surface area contributed by atoms with Crippen molar-refractivity contribution in [3.8, 4) is 0 Å². The third-order valence-electron chi connectivity index (χ3n) is 4.47. The van der Waals surface area contributed by atoms with E-state index in [2.05, 4.69) is 10.1 Å². The van der Waals surface area contributed by atoms with E-state index >= 15 is 0 Å². The molecule has 5 nitrogen and oxygen atoms in total. The van der Waals surface area contributed by atoms with E-state index in [-0.39, 0.29) is 0 Å². The molecule has 0 atom stereocenters. The molecule has 0 N–H and O–H groups in total. The lowest BCUT2D eigenvalue weighted by Gasteiger charge is -2.30. The Hall–Kier alpha value is -1.39. The highest BCUT2D eigenvalue weighted by Crippen LogP contribution is 2.50. The topological polar surface area (TPSA) is 51.0 Å². The first-order chi connectivity index (χ1) is 8.83. The van der Waals surface area contributed by atoms with Crippen LogP contribution < -0.4 is 0 Å². The van der Waals surface area contributed by atoms with Crippen molar-refractivity contribution in [2.45, 2.75) is 38.8 Å². The van der Waals surface area contributed by atoms with Gasteiger partial charge < -0.3 is 4.90 Å². The third kappa shape index (κ3) is 1.72. The van der Waals surface area contributed by atoms with Crippen LogP contribution in [0.2, 0.25) is 0 Å². The number of aromatic nitrogens is 3. The standard InChI is InChI=1S/C13H18N4O/c18-13(12(9-1-2-9)10-3-4-10)16-5-6-17-11(7-16)14-8-15-17/h8-10,12H,1-7H2. The van der Waals surface area contributed by atoms with Crippen molar-refractivity contribution in [3.63, 3.8) is 0 Å². The smallest absolute Gasteiger partial charge is 0.226 e. The van der Waals surface area contributed by atoms with Crippen molar-refractivity contribution in [2.75, 3.05) is 6.54 Å². The van der Waals surface area contributed by atoms with Gasteiger partial charge >= 0.3 is 0 Å². The molecule has 2 saturated carbocycles. The van der Waals surface area contributed by atoms with Gasteiger partial charge in [-0.3, -0.25) is 4.79 Å². The molecule has 2 fully saturated rings. The maximum absolute atomic E-state index is 12.7. The highest BCUT2D eigenvalue weighted by molar-refractivity contribution is 5.80. The summed E-state index contributed by atoms with van der Waals surface area (Å²) >= 11 is 0. The Morgan fingerprint density at radius 3 is 2.61 bits per heavy atom. The first kappa shape index (κ1) is 10.5. The molecule has 1 amide bonds. The van der Waals surface area contributed by atoms with Crippen LogP contribution in [-0.4, -0.2) is 32.1 Å². The van der Waals surface area contributed by atoms with Crippen LogP contribution in [0.1, 0.15) is 31.5 Å². The van der Waals surface area contributed by atoms with E-state index in [1.54, 1.807) is 6.33 Å². The molecule has 1 aromatic rings. The predicted molar refractivity (Wildman–Crippen MR) is 64.4 cm³/mol. The van der Waals surface area contributed by atoms with E-state index in [4.69, 9.17) is 0 Å². The largest absolute Gasteiger partial charge is 0.333 e. The number of fused-ring (bicyclic) bond motifs is 1. The molecular formula is C13H18N4O. The molecule has 1 aliphatic heterocycles. The van der Waals surface area contributed by atoms with Gasteiger partial charge in [-0.05, 0) is 37.5 Å². The molecule has 96 valence electrons. The third-order valence-corrected chi connectivity index (χ3v) is 4.47. The quantitative estimate of drug-likeness (QED) is 0.801. The van der Waals surface area contributed by atoms with Crippen LogP contribution in [0.15, 0.2) is 6.33 Å². The molecule has 0 radical (unpaired) electrons. The van der Waals surface area contributed by atoms with E-state index in [9.17, 15) is 4.79 Å². The zero-order valence-electron chi connectivity index (χ0n) is 10.5. The molecule has 0 bridgehead atoms. The molecule has 5 heteroatoms. The van der Waals surface area contributed by atoms with E-state index in [1.165, 1.54) is 25.7 Å². The zero-order chi connectivity index (χ0) is 12.1. The lowest BCUT2D eigenvalue weighted by atomic mass is 9.96. The Labute approximate surface area is 106 Å². The number of hydrogen-bond acceptors (Lipinski definition) is 3. The van der Waals surface area contributed by atoms with E-state index < -0.39 is 0 Å². The van der Waals surface area contributed by atoms with E-state index in [0.717, 1.165) is 18.9 Å². The van der Waals surface area contributed by atoms with Gasteiger partial charge in [-0.2, -0.15) is 5.10 Å². The second-order valence-electron chi connectivity index (χ2n) is 5.86. The molecule has 3 aliphatic rings. The molecule has 0 unspecified atom stereocenters. The fraction of sp³-hybridized carbons (Fsp3) is 0.769. The van der Waals surface area contributed by atoms with Gasteiger partial charge in [0, 0.05) is 12.5 Å². The number of hydrogen-bond donors (Lipinski definition) is 0. The summed E-state index contributed by atoms with van der Waals surface area (Å²) in [6.45, 7) is 2.24.